The van der Waals surface area contributed by atoms with E-state index in [9.17, 15) is 0 Å². The van der Waals surface area contributed by atoms with E-state index in [1.165, 1.54) is 0 Å². The fourth-order valence-corrected chi connectivity index (χ4v) is 1.05. The van der Waals surface area contributed by atoms with Gasteiger partial charge in [0.1, 0.15) is 0 Å². The standard InChI is InChI=1S/C7H8O2S.2H3O4P/c8-9-10-6-7-4-2-1-3-5-7;2*1-5(2,3)4/h1-5,8H,6H2;2*(H3,1,2,3,4)/p-6. The molecule has 10 nitrogen and oxygen atoms in total. The third kappa shape index (κ3) is 36.1. The van der Waals surface area contributed by atoms with Gasteiger partial charge in [0.15, 0.2) is 0 Å². The van der Waals surface area contributed by atoms with E-state index in [1.54, 1.807) is 0 Å². The largest absolute Gasteiger partial charge is 0.822 e. The smallest absolute Gasteiger partial charge is 0.0480 e. The lowest BCUT2D eigenvalue weighted by atomic mass is 10.2. The Morgan fingerprint density at radius 1 is 0.950 bits per heavy atom. The van der Waals surface area contributed by atoms with E-state index in [-0.39, 0.29) is 0 Å². The molecule has 0 aromatic heterocycles. The van der Waals surface area contributed by atoms with E-state index in [1.807, 2.05) is 30.3 Å². The molecule has 1 aromatic carbocycles. The minimum Gasteiger partial charge on any atom is -0.822 e. The van der Waals surface area contributed by atoms with Gasteiger partial charge < -0.3 is 38.5 Å². The molecule has 0 aliphatic rings. The second-order valence-corrected chi connectivity index (χ2v) is 5.18. The summed E-state index contributed by atoms with van der Waals surface area (Å²) in [6.07, 6.45) is 0. The van der Waals surface area contributed by atoms with Crippen LogP contribution in [-0.4, -0.2) is 5.26 Å². The molecule has 20 heavy (non-hydrogen) atoms. The topological polar surface area (TPSA) is 202 Å². The molecule has 0 bridgehead atoms. The molecule has 0 unspecified atom stereocenters. The highest BCUT2D eigenvalue weighted by Crippen LogP contribution is 2.10. The number of hydrogen-bond acceptors (Lipinski definition) is 11. The Bertz CT molecular complexity index is 392. The monoisotopic (exact) mass is 346 g/mol. The van der Waals surface area contributed by atoms with E-state index >= 15 is 0 Å². The summed E-state index contributed by atoms with van der Waals surface area (Å²) >= 11 is 1.02. The van der Waals surface area contributed by atoms with Crippen molar-refractivity contribution in [2.75, 3.05) is 0 Å². The number of benzene rings is 1. The molecule has 0 saturated heterocycles. The second-order valence-electron chi connectivity index (χ2n) is 2.72. The first-order valence-corrected chi connectivity index (χ1v) is 8.19. The van der Waals surface area contributed by atoms with E-state index in [0.29, 0.717) is 5.75 Å². The van der Waals surface area contributed by atoms with Crippen molar-refractivity contribution in [1.29, 1.82) is 0 Å². The maximum atomic E-state index is 8.55. The average molecular weight is 346 g/mol. The van der Waals surface area contributed by atoms with E-state index in [4.69, 9.17) is 43.7 Å². The van der Waals surface area contributed by atoms with E-state index in [0.717, 1.165) is 17.6 Å². The van der Waals surface area contributed by atoms with Crippen LogP contribution in [-0.2, 0) is 19.2 Å². The molecule has 13 heteroatoms. The van der Waals surface area contributed by atoms with Gasteiger partial charge in [0.25, 0.3) is 0 Å². The van der Waals surface area contributed by atoms with Crippen LogP contribution in [0.5, 0.6) is 0 Å². The molecule has 118 valence electrons. The first-order valence-electron chi connectivity index (χ1n) is 4.36. The van der Waals surface area contributed by atoms with E-state index < -0.39 is 15.6 Å². The van der Waals surface area contributed by atoms with Crippen LogP contribution in [0.1, 0.15) is 5.56 Å². The lowest BCUT2D eigenvalue weighted by Crippen LogP contribution is -2.24. The summed E-state index contributed by atoms with van der Waals surface area (Å²) in [5.74, 6) is 0.678. The van der Waals surface area contributed by atoms with Crippen molar-refractivity contribution in [3.05, 3.63) is 35.9 Å². The predicted octanol–water partition coefficient (Wildman–Crippen LogP) is -3.32. The molecule has 0 fully saturated rings. The van der Waals surface area contributed by atoms with Gasteiger partial charge >= 0.3 is 0 Å². The quantitative estimate of drug-likeness (QED) is 0.248. The highest BCUT2D eigenvalue weighted by Gasteiger charge is 1.89. The van der Waals surface area contributed by atoms with Crippen molar-refractivity contribution < 1.29 is 48.1 Å². The summed E-state index contributed by atoms with van der Waals surface area (Å²) in [6.45, 7) is 0. The molecule has 0 heterocycles. The van der Waals surface area contributed by atoms with Crippen molar-refractivity contribution in [1.82, 2.24) is 0 Å². The minimum absolute atomic E-state index is 0.678. The first kappa shape index (κ1) is 22.0. The van der Waals surface area contributed by atoms with Gasteiger partial charge in [0, 0.05) is 17.8 Å². The van der Waals surface area contributed by atoms with Gasteiger partial charge in [-0.1, -0.05) is 30.3 Å². The molecule has 0 saturated carbocycles. The molecular weight excluding hydrogens is 338 g/mol. The fourth-order valence-electron chi connectivity index (χ4n) is 0.669. The maximum absolute atomic E-state index is 8.55. The molecule has 0 aliphatic heterocycles. The lowest BCUT2D eigenvalue weighted by molar-refractivity contribution is -0.434. The highest BCUT2D eigenvalue weighted by atomic mass is 32.2. The van der Waals surface area contributed by atoms with Crippen molar-refractivity contribution >= 4 is 27.7 Å². The summed E-state index contributed by atoms with van der Waals surface area (Å²) in [5.41, 5.74) is 1.14. The van der Waals surface area contributed by atoms with Crippen LogP contribution in [0.2, 0.25) is 0 Å². The summed E-state index contributed by atoms with van der Waals surface area (Å²) in [4.78, 5) is 51.3. The van der Waals surface area contributed by atoms with Gasteiger partial charge in [0.2, 0.25) is 0 Å². The molecule has 0 spiro atoms. The molecule has 0 aliphatic carbocycles. The highest BCUT2D eigenvalue weighted by molar-refractivity contribution is 7.93. The number of hydrogen-bond donors (Lipinski definition) is 1. The number of rotatable bonds is 3. The third-order valence-electron chi connectivity index (χ3n) is 1.12. The second kappa shape index (κ2) is 11.4. The van der Waals surface area contributed by atoms with Crippen LogP contribution < -0.4 is 29.4 Å². The van der Waals surface area contributed by atoms with Gasteiger partial charge in [-0.05, 0) is 5.56 Å². The van der Waals surface area contributed by atoms with Gasteiger partial charge in [-0.2, -0.15) is 20.0 Å². The Morgan fingerprint density at radius 2 is 1.30 bits per heavy atom. The summed E-state index contributed by atoms with van der Waals surface area (Å²) in [5, 5.41) is 7.99. The molecule has 0 radical (unpaired) electrons. The van der Waals surface area contributed by atoms with Gasteiger partial charge in [0.05, 0.1) is 0 Å². The van der Waals surface area contributed by atoms with Crippen molar-refractivity contribution in [2.24, 2.45) is 0 Å². The summed E-state index contributed by atoms with van der Waals surface area (Å²) in [7, 11) is -10.8. The SMILES string of the molecule is O=P([O-])([O-])[O-].O=P([O-])([O-])[O-].OOSCc1ccccc1. The first-order chi connectivity index (χ1) is 8.93. The van der Waals surface area contributed by atoms with Crippen molar-refractivity contribution in [3.63, 3.8) is 0 Å². The molecule has 0 amide bonds. The molecule has 1 N–H and O–H groups in total. The lowest BCUT2D eigenvalue weighted by Gasteiger charge is -2.36. The molecule has 0 atom stereocenters. The minimum atomic E-state index is -5.39. The average Bonchev–Trinajstić information content (AvgIpc) is 2.23. The van der Waals surface area contributed by atoms with Crippen molar-refractivity contribution in [3.8, 4) is 0 Å². The normalized spacial score (nSPS) is 10.8. The van der Waals surface area contributed by atoms with Gasteiger partial charge in [-0.25, -0.2) is 5.26 Å². The van der Waals surface area contributed by atoms with Crippen LogP contribution in [0.4, 0.5) is 0 Å². The number of phosphoric acid groups is 2. The van der Waals surface area contributed by atoms with Crippen LogP contribution in [0.25, 0.3) is 0 Å². The zero-order valence-corrected chi connectivity index (χ0v) is 12.1. The summed E-state index contributed by atoms with van der Waals surface area (Å²) < 4.78 is 21.0. The zero-order chi connectivity index (χ0) is 16.2. The van der Waals surface area contributed by atoms with Gasteiger partial charge in [-0.3, -0.25) is 0 Å². The van der Waals surface area contributed by atoms with Crippen LogP contribution in [0.15, 0.2) is 30.3 Å². The fraction of sp³-hybridized carbons (Fsp3) is 0.143. The Kier molecular flexibility index (Phi) is 12.5. The molecule has 1 aromatic rings. The van der Waals surface area contributed by atoms with Crippen LogP contribution in [0, 0.1) is 0 Å². The Balaban J connectivity index is 0. The Labute approximate surface area is 118 Å². The Hall–Kier alpha value is -0.290. The predicted molar refractivity (Wildman–Crippen MR) is 56.7 cm³/mol. The zero-order valence-electron chi connectivity index (χ0n) is 9.52. The van der Waals surface area contributed by atoms with E-state index in [2.05, 4.69) is 4.33 Å². The summed E-state index contributed by atoms with van der Waals surface area (Å²) in [6, 6.07) is 9.81. The Morgan fingerprint density at radius 3 is 1.60 bits per heavy atom. The molecule has 1 rings (SSSR count). The molecular formula is C7H8O10P2S-6. The third-order valence-corrected chi connectivity index (χ3v) is 1.68. The van der Waals surface area contributed by atoms with Crippen LogP contribution >= 0.6 is 27.7 Å². The van der Waals surface area contributed by atoms with Crippen molar-refractivity contribution in [2.45, 2.75) is 5.75 Å². The van der Waals surface area contributed by atoms with Gasteiger partial charge in [-0.15, -0.1) is 0 Å². The maximum Gasteiger partial charge on any atom is 0.0480 e. The van der Waals surface area contributed by atoms with Crippen LogP contribution in [0.3, 0.4) is 0 Å².